The van der Waals surface area contributed by atoms with E-state index in [0.717, 1.165) is 12.1 Å². The molecule has 0 radical (unpaired) electrons. The molecule has 16 heavy (non-hydrogen) atoms. The van der Waals surface area contributed by atoms with Gasteiger partial charge >= 0.3 is 0 Å². The lowest BCUT2D eigenvalue weighted by atomic mass is 10.2. The van der Waals surface area contributed by atoms with Crippen molar-refractivity contribution in [2.75, 3.05) is 5.32 Å². The van der Waals surface area contributed by atoms with Gasteiger partial charge in [0.25, 0.3) is 0 Å². The van der Waals surface area contributed by atoms with Gasteiger partial charge in [-0.1, -0.05) is 0 Å². The van der Waals surface area contributed by atoms with Crippen molar-refractivity contribution in [3.8, 4) is 0 Å². The molecule has 1 aromatic heterocycles. The van der Waals surface area contributed by atoms with Gasteiger partial charge in [0.05, 0.1) is 24.3 Å². The molecule has 2 aromatic rings. The number of H-pyrrole nitrogens is 1. The minimum atomic E-state index is -1.48. The van der Waals surface area contributed by atoms with E-state index in [1.54, 1.807) is 6.20 Å². The van der Waals surface area contributed by atoms with Gasteiger partial charge in [0.15, 0.2) is 17.5 Å². The number of nitrogens with zero attached hydrogens (tertiary/aromatic N) is 1. The fourth-order valence-electron chi connectivity index (χ4n) is 1.23. The summed E-state index contributed by atoms with van der Waals surface area (Å²) in [5.41, 5.74) is 0.623. The molecule has 0 saturated heterocycles. The van der Waals surface area contributed by atoms with Crippen molar-refractivity contribution < 1.29 is 13.2 Å². The van der Waals surface area contributed by atoms with Crippen LogP contribution in [0.3, 0.4) is 0 Å². The first kappa shape index (κ1) is 10.5. The summed E-state index contributed by atoms with van der Waals surface area (Å²) in [4.78, 5) is 6.55. The molecule has 2 N–H and O–H groups in total. The normalized spacial score (nSPS) is 10.4. The maximum absolute atomic E-state index is 13.2. The zero-order valence-corrected chi connectivity index (χ0v) is 8.10. The van der Waals surface area contributed by atoms with Crippen LogP contribution in [0.4, 0.5) is 18.9 Å². The molecule has 0 bridgehead atoms. The molecule has 0 aliphatic heterocycles. The van der Waals surface area contributed by atoms with E-state index in [-0.39, 0.29) is 12.2 Å². The number of benzene rings is 1. The smallest absolute Gasteiger partial charge is 0.196 e. The number of imidazole rings is 1. The lowest BCUT2D eigenvalue weighted by Crippen LogP contribution is -2.04. The summed E-state index contributed by atoms with van der Waals surface area (Å²) in [7, 11) is 0. The molecule has 0 aliphatic carbocycles. The molecular weight excluding hydrogens is 219 g/mol. The van der Waals surface area contributed by atoms with Crippen LogP contribution in [0.25, 0.3) is 0 Å². The number of hydrogen-bond acceptors (Lipinski definition) is 2. The summed E-state index contributed by atoms with van der Waals surface area (Å²) in [6, 6.07) is 2.01. The number of halogens is 3. The maximum atomic E-state index is 13.2. The predicted octanol–water partition coefficient (Wildman–Crippen LogP) is 2.44. The zero-order valence-electron chi connectivity index (χ0n) is 8.10. The van der Waals surface area contributed by atoms with Gasteiger partial charge in [-0.2, -0.15) is 0 Å². The molecule has 1 aromatic carbocycles. The van der Waals surface area contributed by atoms with Crippen LogP contribution in [-0.4, -0.2) is 9.97 Å². The van der Waals surface area contributed by atoms with Gasteiger partial charge < -0.3 is 10.3 Å². The third-order valence-electron chi connectivity index (χ3n) is 2.06. The van der Waals surface area contributed by atoms with Gasteiger partial charge in [0.1, 0.15) is 0 Å². The summed E-state index contributed by atoms with van der Waals surface area (Å²) in [5.74, 6) is -3.90. The van der Waals surface area contributed by atoms with E-state index < -0.39 is 17.5 Å². The van der Waals surface area contributed by atoms with E-state index in [1.165, 1.54) is 6.33 Å². The van der Waals surface area contributed by atoms with E-state index in [4.69, 9.17) is 0 Å². The Bertz CT molecular complexity index is 482. The number of anilines is 1. The first-order valence-corrected chi connectivity index (χ1v) is 4.53. The van der Waals surface area contributed by atoms with Gasteiger partial charge in [0, 0.05) is 6.20 Å². The fraction of sp³-hybridized carbons (Fsp3) is 0.100. The lowest BCUT2D eigenvalue weighted by molar-refractivity contribution is 0.449. The van der Waals surface area contributed by atoms with Gasteiger partial charge in [-0.25, -0.2) is 18.2 Å². The average molecular weight is 227 g/mol. The Labute approximate surface area is 89.3 Å². The second kappa shape index (κ2) is 4.26. The van der Waals surface area contributed by atoms with Crippen LogP contribution in [0.15, 0.2) is 24.7 Å². The second-order valence-corrected chi connectivity index (χ2v) is 3.15. The standard InChI is InChI=1S/C10H8F3N3/c11-7-1-2-8(10(13)9(7)12)15-4-6-3-14-5-16-6/h1-3,5,15H,4H2,(H,14,16). The molecule has 0 aliphatic rings. The van der Waals surface area contributed by atoms with Crippen molar-refractivity contribution in [1.29, 1.82) is 0 Å². The highest BCUT2D eigenvalue weighted by molar-refractivity contribution is 5.45. The second-order valence-electron chi connectivity index (χ2n) is 3.15. The van der Waals surface area contributed by atoms with Gasteiger partial charge in [-0.15, -0.1) is 0 Å². The molecule has 0 amide bonds. The Morgan fingerprint density at radius 1 is 1.19 bits per heavy atom. The first-order valence-electron chi connectivity index (χ1n) is 4.53. The van der Waals surface area contributed by atoms with Crippen molar-refractivity contribution >= 4 is 5.69 Å². The SMILES string of the molecule is Fc1ccc(NCc2cnc[nH]2)c(F)c1F. The van der Waals surface area contributed by atoms with Crippen molar-refractivity contribution in [2.45, 2.75) is 6.54 Å². The number of rotatable bonds is 3. The van der Waals surface area contributed by atoms with E-state index in [9.17, 15) is 13.2 Å². The van der Waals surface area contributed by atoms with E-state index in [2.05, 4.69) is 15.3 Å². The Morgan fingerprint density at radius 2 is 2.00 bits per heavy atom. The van der Waals surface area contributed by atoms with Crippen LogP contribution in [0, 0.1) is 17.5 Å². The van der Waals surface area contributed by atoms with E-state index in [0.29, 0.717) is 5.69 Å². The summed E-state index contributed by atoms with van der Waals surface area (Å²) in [6.07, 6.45) is 3.02. The highest BCUT2D eigenvalue weighted by Crippen LogP contribution is 2.19. The highest BCUT2D eigenvalue weighted by Gasteiger charge is 2.12. The summed E-state index contributed by atoms with van der Waals surface area (Å²) >= 11 is 0. The fourth-order valence-corrected chi connectivity index (χ4v) is 1.23. The van der Waals surface area contributed by atoms with Crippen molar-refractivity contribution in [3.05, 3.63) is 47.8 Å². The summed E-state index contributed by atoms with van der Waals surface area (Å²) in [5, 5.41) is 2.63. The number of hydrogen-bond donors (Lipinski definition) is 2. The molecule has 0 fully saturated rings. The highest BCUT2D eigenvalue weighted by atomic mass is 19.2. The molecule has 0 spiro atoms. The van der Waals surface area contributed by atoms with Crippen LogP contribution >= 0.6 is 0 Å². The molecule has 3 nitrogen and oxygen atoms in total. The largest absolute Gasteiger partial charge is 0.377 e. The van der Waals surface area contributed by atoms with Gasteiger partial charge in [-0.3, -0.25) is 0 Å². The Hall–Kier alpha value is -1.98. The van der Waals surface area contributed by atoms with Crippen molar-refractivity contribution in [1.82, 2.24) is 9.97 Å². The van der Waals surface area contributed by atoms with Crippen molar-refractivity contribution in [3.63, 3.8) is 0 Å². The minimum Gasteiger partial charge on any atom is -0.377 e. The van der Waals surface area contributed by atoms with Crippen LogP contribution in [-0.2, 0) is 6.54 Å². The summed E-state index contributed by atoms with van der Waals surface area (Å²) < 4.78 is 38.6. The molecule has 84 valence electrons. The van der Waals surface area contributed by atoms with Gasteiger partial charge in [0.2, 0.25) is 0 Å². The Balaban J connectivity index is 2.13. The minimum absolute atomic E-state index is 0.0894. The first-order chi connectivity index (χ1) is 7.68. The van der Waals surface area contributed by atoms with Crippen LogP contribution in [0.2, 0.25) is 0 Å². The van der Waals surface area contributed by atoms with Crippen molar-refractivity contribution in [2.24, 2.45) is 0 Å². The van der Waals surface area contributed by atoms with E-state index >= 15 is 0 Å². The topological polar surface area (TPSA) is 40.7 Å². The number of nitrogens with one attached hydrogen (secondary N) is 2. The maximum Gasteiger partial charge on any atom is 0.196 e. The molecule has 0 atom stereocenters. The molecule has 6 heteroatoms. The average Bonchev–Trinajstić information content (AvgIpc) is 2.78. The summed E-state index contributed by atoms with van der Waals surface area (Å²) in [6.45, 7) is 0.252. The van der Waals surface area contributed by atoms with Crippen LogP contribution in [0.5, 0.6) is 0 Å². The quantitative estimate of drug-likeness (QED) is 0.790. The molecular formula is C10H8F3N3. The zero-order chi connectivity index (χ0) is 11.5. The molecule has 0 unspecified atom stereocenters. The van der Waals surface area contributed by atoms with Crippen LogP contribution in [0.1, 0.15) is 5.69 Å². The number of aromatic amines is 1. The van der Waals surface area contributed by atoms with E-state index in [1.807, 2.05) is 0 Å². The lowest BCUT2D eigenvalue weighted by Gasteiger charge is -2.06. The van der Waals surface area contributed by atoms with Gasteiger partial charge in [-0.05, 0) is 12.1 Å². The molecule has 2 rings (SSSR count). The third-order valence-corrected chi connectivity index (χ3v) is 2.06. The Kier molecular flexibility index (Phi) is 2.80. The molecule has 0 saturated carbocycles. The third kappa shape index (κ3) is 2.00. The number of aromatic nitrogens is 2. The predicted molar refractivity (Wildman–Crippen MR) is 52.2 cm³/mol. The Morgan fingerprint density at radius 3 is 2.69 bits per heavy atom. The monoisotopic (exact) mass is 227 g/mol. The van der Waals surface area contributed by atoms with Crippen LogP contribution < -0.4 is 5.32 Å². The molecule has 1 heterocycles.